The molecule has 1 aromatic carbocycles. The summed E-state index contributed by atoms with van der Waals surface area (Å²) in [6.07, 6.45) is 3.75. The summed E-state index contributed by atoms with van der Waals surface area (Å²) in [5.41, 5.74) is 2.61. The Bertz CT molecular complexity index is 380. The Labute approximate surface area is 109 Å². The summed E-state index contributed by atoms with van der Waals surface area (Å²) in [7, 11) is 1.43. The van der Waals surface area contributed by atoms with Crippen LogP contribution in [0.1, 0.15) is 36.3 Å². The SMILES string of the molecule is COC(=O)CCc1ccc(C2CCCNC2)cc1. The van der Waals surface area contributed by atoms with Crippen LogP contribution >= 0.6 is 0 Å². The van der Waals surface area contributed by atoms with Gasteiger partial charge in [-0.15, -0.1) is 0 Å². The lowest BCUT2D eigenvalue weighted by Gasteiger charge is -2.23. The van der Waals surface area contributed by atoms with Gasteiger partial charge in [0, 0.05) is 13.0 Å². The van der Waals surface area contributed by atoms with Crippen LogP contribution in [-0.2, 0) is 16.0 Å². The van der Waals surface area contributed by atoms with E-state index in [0.717, 1.165) is 19.5 Å². The Hall–Kier alpha value is -1.35. The summed E-state index contributed by atoms with van der Waals surface area (Å²) in [4.78, 5) is 11.1. The van der Waals surface area contributed by atoms with Crippen molar-refractivity contribution >= 4 is 5.97 Å². The second-order valence-electron chi connectivity index (χ2n) is 4.86. The number of rotatable bonds is 4. The van der Waals surface area contributed by atoms with Crippen LogP contribution in [0.3, 0.4) is 0 Å². The van der Waals surface area contributed by atoms with Crippen LogP contribution in [-0.4, -0.2) is 26.2 Å². The van der Waals surface area contributed by atoms with Crippen LogP contribution < -0.4 is 5.32 Å². The summed E-state index contributed by atoms with van der Waals surface area (Å²) in [5, 5.41) is 3.43. The van der Waals surface area contributed by atoms with Crippen LogP contribution in [0.25, 0.3) is 0 Å². The number of hydrogen-bond acceptors (Lipinski definition) is 3. The van der Waals surface area contributed by atoms with E-state index < -0.39 is 0 Å². The lowest BCUT2D eigenvalue weighted by atomic mass is 9.91. The number of methoxy groups -OCH3 is 1. The lowest BCUT2D eigenvalue weighted by molar-refractivity contribution is -0.140. The molecule has 2 rings (SSSR count). The van der Waals surface area contributed by atoms with Crippen molar-refractivity contribution in [3.63, 3.8) is 0 Å². The monoisotopic (exact) mass is 247 g/mol. The van der Waals surface area contributed by atoms with Crippen molar-refractivity contribution in [3.8, 4) is 0 Å². The van der Waals surface area contributed by atoms with Gasteiger partial charge in [0.15, 0.2) is 0 Å². The Kier molecular flexibility index (Phi) is 4.76. The van der Waals surface area contributed by atoms with Gasteiger partial charge < -0.3 is 10.1 Å². The number of hydrogen-bond donors (Lipinski definition) is 1. The van der Waals surface area contributed by atoms with E-state index in [1.54, 1.807) is 0 Å². The van der Waals surface area contributed by atoms with Crippen molar-refractivity contribution < 1.29 is 9.53 Å². The maximum absolute atomic E-state index is 11.1. The fourth-order valence-corrected chi connectivity index (χ4v) is 2.44. The van der Waals surface area contributed by atoms with Crippen LogP contribution in [0.15, 0.2) is 24.3 Å². The molecule has 1 fully saturated rings. The second kappa shape index (κ2) is 6.55. The van der Waals surface area contributed by atoms with Crippen molar-refractivity contribution in [3.05, 3.63) is 35.4 Å². The van der Waals surface area contributed by atoms with Gasteiger partial charge in [0.1, 0.15) is 0 Å². The van der Waals surface area contributed by atoms with Crippen molar-refractivity contribution in [2.75, 3.05) is 20.2 Å². The van der Waals surface area contributed by atoms with Crippen LogP contribution in [0, 0.1) is 0 Å². The normalized spacial score (nSPS) is 19.5. The van der Waals surface area contributed by atoms with Crippen molar-refractivity contribution in [1.82, 2.24) is 5.32 Å². The average molecular weight is 247 g/mol. The second-order valence-corrected chi connectivity index (χ2v) is 4.86. The minimum atomic E-state index is -0.143. The zero-order chi connectivity index (χ0) is 12.8. The molecule has 0 radical (unpaired) electrons. The van der Waals surface area contributed by atoms with Crippen molar-refractivity contribution in [2.24, 2.45) is 0 Å². The van der Waals surface area contributed by atoms with Crippen LogP contribution in [0.5, 0.6) is 0 Å². The predicted octanol–water partition coefficient (Wildman–Crippen LogP) is 2.26. The molecule has 1 N–H and O–H groups in total. The van der Waals surface area contributed by atoms with E-state index in [1.807, 2.05) is 0 Å². The molecule has 1 saturated heterocycles. The molecule has 1 aliphatic rings. The lowest BCUT2D eigenvalue weighted by Crippen LogP contribution is -2.28. The van der Waals surface area contributed by atoms with E-state index in [9.17, 15) is 4.79 Å². The first-order chi connectivity index (χ1) is 8.79. The highest BCUT2D eigenvalue weighted by molar-refractivity contribution is 5.69. The molecule has 0 saturated carbocycles. The number of benzene rings is 1. The smallest absolute Gasteiger partial charge is 0.305 e. The van der Waals surface area contributed by atoms with E-state index in [2.05, 4.69) is 34.3 Å². The summed E-state index contributed by atoms with van der Waals surface area (Å²) < 4.78 is 4.64. The van der Waals surface area contributed by atoms with Gasteiger partial charge in [0.2, 0.25) is 0 Å². The largest absolute Gasteiger partial charge is 0.469 e. The zero-order valence-corrected chi connectivity index (χ0v) is 10.9. The maximum Gasteiger partial charge on any atom is 0.305 e. The molecule has 1 heterocycles. The summed E-state index contributed by atoms with van der Waals surface area (Å²) >= 11 is 0. The maximum atomic E-state index is 11.1. The first-order valence-electron chi connectivity index (χ1n) is 6.66. The molecule has 0 amide bonds. The molecule has 3 nitrogen and oxygen atoms in total. The topological polar surface area (TPSA) is 38.3 Å². The molecule has 0 aliphatic carbocycles. The van der Waals surface area contributed by atoms with Crippen LogP contribution in [0.2, 0.25) is 0 Å². The molecule has 3 heteroatoms. The number of nitrogens with one attached hydrogen (secondary N) is 1. The molecule has 18 heavy (non-hydrogen) atoms. The number of carbonyl (C=O) groups is 1. The van der Waals surface area contributed by atoms with E-state index in [0.29, 0.717) is 12.3 Å². The first-order valence-corrected chi connectivity index (χ1v) is 6.66. The van der Waals surface area contributed by atoms with Gasteiger partial charge in [-0.3, -0.25) is 4.79 Å². The molecule has 0 bridgehead atoms. The predicted molar refractivity (Wildman–Crippen MR) is 71.6 cm³/mol. The van der Waals surface area contributed by atoms with Gasteiger partial charge >= 0.3 is 5.97 Å². The first kappa shape index (κ1) is 13.1. The van der Waals surface area contributed by atoms with Gasteiger partial charge in [-0.1, -0.05) is 24.3 Å². The Morgan fingerprint density at radius 3 is 2.78 bits per heavy atom. The Balaban J connectivity index is 1.90. The van der Waals surface area contributed by atoms with Gasteiger partial charge in [0.25, 0.3) is 0 Å². The highest BCUT2D eigenvalue weighted by Gasteiger charge is 2.14. The average Bonchev–Trinajstić information content (AvgIpc) is 2.46. The fourth-order valence-electron chi connectivity index (χ4n) is 2.44. The number of ether oxygens (including phenoxy) is 1. The number of carbonyl (C=O) groups excluding carboxylic acids is 1. The minimum absolute atomic E-state index is 0.143. The Morgan fingerprint density at radius 1 is 1.39 bits per heavy atom. The molecule has 0 spiro atoms. The van der Waals surface area contributed by atoms with E-state index >= 15 is 0 Å². The van der Waals surface area contributed by atoms with E-state index in [-0.39, 0.29) is 5.97 Å². The highest BCUT2D eigenvalue weighted by Crippen LogP contribution is 2.23. The van der Waals surface area contributed by atoms with Crippen LogP contribution in [0.4, 0.5) is 0 Å². The molecular weight excluding hydrogens is 226 g/mol. The number of piperidine rings is 1. The molecule has 1 aliphatic heterocycles. The van der Waals surface area contributed by atoms with E-state index in [1.165, 1.54) is 31.1 Å². The molecule has 1 unspecified atom stereocenters. The van der Waals surface area contributed by atoms with Gasteiger partial charge in [-0.2, -0.15) is 0 Å². The van der Waals surface area contributed by atoms with Gasteiger partial charge in [-0.25, -0.2) is 0 Å². The van der Waals surface area contributed by atoms with Gasteiger partial charge in [0.05, 0.1) is 7.11 Å². The van der Waals surface area contributed by atoms with Crippen molar-refractivity contribution in [1.29, 1.82) is 0 Å². The molecule has 1 atom stereocenters. The summed E-state index contributed by atoms with van der Waals surface area (Å²) in [5.74, 6) is 0.504. The molecule has 98 valence electrons. The fraction of sp³-hybridized carbons (Fsp3) is 0.533. The minimum Gasteiger partial charge on any atom is -0.469 e. The third kappa shape index (κ3) is 3.57. The quantitative estimate of drug-likeness (QED) is 0.829. The Morgan fingerprint density at radius 2 is 2.17 bits per heavy atom. The third-order valence-corrected chi connectivity index (χ3v) is 3.59. The molecular formula is C15H21NO2. The summed E-state index contributed by atoms with van der Waals surface area (Å²) in [6, 6.07) is 8.66. The summed E-state index contributed by atoms with van der Waals surface area (Å²) in [6.45, 7) is 2.23. The highest BCUT2D eigenvalue weighted by atomic mass is 16.5. The standard InChI is InChI=1S/C15H21NO2/c1-18-15(17)9-6-12-4-7-13(8-5-12)14-3-2-10-16-11-14/h4-5,7-8,14,16H,2-3,6,9-11H2,1H3. The molecule has 1 aromatic rings. The van der Waals surface area contributed by atoms with Crippen molar-refractivity contribution in [2.45, 2.75) is 31.6 Å². The number of esters is 1. The molecule has 0 aromatic heterocycles. The number of aryl methyl sites for hydroxylation is 1. The van der Waals surface area contributed by atoms with Gasteiger partial charge in [-0.05, 0) is 42.9 Å². The zero-order valence-electron chi connectivity index (χ0n) is 10.9. The third-order valence-electron chi connectivity index (χ3n) is 3.59. The van der Waals surface area contributed by atoms with E-state index in [4.69, 9.17) is 0 Å².